The van der Waals surface area contributed by atoms with E-state index in [4.69, 9.17) is 0 Å². The number of hydrogen-bond donors (Lipinski definition) is 1. The van der Waals surface area contributed by atoms with Crippen LogP contribution in [0.5, 0.6) is 0 Å². The number of rotatable bonds is 6. The first kappa shape index (κ1) is 17.5. The SMILES string of the molecule is CNC(CCCC(C)C)c1ccc(Br)c(C(F)(F)F)c1. The summed E-state index contributed by atoms with van der Waals surface area (Å²) in [6, 6.07) is 4.42. The van der Waals surface area contributed by atoms with Crippen LogP contribution in [-0.2, 0) is 6.18 Å². The zero-order chi connectivity index (χ0) is 15.3. The molecule has 5 heteroatoms. The van der Waals surface area contributed by atoms with Crippen LogP contribution in [0, 0.1) is 5.92 Å². The number of benzene rings is 1. The molecule has 0 amide bonds. The molecule has 1 N–H and O–H groups in total. The first-order valence-electron chi connectivity index (χ1n) is 6.79. The largest absolute Gasteiger partial charge is 0.417 e. The lowest BCUT2D eigenvalue weighted by Crippen LogP contribution is -2.17. The van der Waals surface area contributed by atoms with Crippen molar-refractivity contribution < 1.29 is 13.2 Å². The van der Waals surface area contributed by atoms with Gasteiger partial charge in [0.05, 0.1) is 5.56 Å². The molecular weight excluding hydrogens is 331 g/mol. The highest BCUT2D eigenvalue weighted by atomic mass is 79.9. The Labute approximate surface area is 127 Å². The van der Waals surface area contributed by atoms with Crippen LogP contribution in [-0.4, -0.2) is 7.05 Å². The molecule has 20 heavy (non-hydrogen) atoms. The summed E-state index contributed by atoms with van der Waals surface area (Å²) in [6.45, 7) is 4.30. The van der Waals surface area contributed by atoms with Crippen LogP contribution in [0.1, 0.15) is 50.3 Å². The van der Waals surface area contributed by atoms with Crippen LogP contribution < -0.4 is 5.32 Å². The fraction of sp³-hybridized carbons (Fsp3) is 0.600. The molecule has 0 aliphatic carbocycles. The zero-order valence-electron chi connectivity index (χ0n) is 12.0. The van der Waals surface area contributed by atoms with Gasteiger partial charge in [0.25, 0.3) is 0 Å². The molecule has 1 unspecified atom stereocenters. The van der Waals surface area contributed by atoms with Gasteiger partial charge in [0, 0.05) is 10.5 Å². The number of hydrogen-bond acceptors (Lipinski definition) is 1. The third-order valence-corrected chi connectivity index (χ3v) is 4.01. The Morgan fingerprint density at radius 3 is 2.35 bits per heavy atom. The van der Waals surface area contributed by atoms with Crippen molar-refractivity contribution in [3.8, 4) is 0 Å². The molecule has 0 heterocycles. The first-order chi connectivity index (χ1) is 9.25. The maximum Gasteiger partial charge on any atom is 0.417 e. The van der Waals surface area contributed by atoms with Crippen LogP contribution >= 0.6 is 15.9 Å². The smallest absolute Gasteiger partial charge is 0.313 e. The highest BCUT2D eigenvalue weighted by molar-refractivity contribution is 9.10. The summed E-state index contributed by atoms with van der Waals surface area (Å²) in [7, 11) is 1.79. The standard InChI is InChI=1S/C15H21BrF3N/c1-10(2)5-4-6-14(20-3)11-7-8-13(16)12(9-11)15(17,18)19/h7-10,14,20H,4-6H2,1-3H3. The molecular formula is C15H21BrF3N. The highest BCUT2D eigenvalue weighted by Crippen LogP contribution is 2.36. The molecule has 1 atom stereocenters. The van der Waals surface area contributed by atoms with E-state index >= 15 is 0 Å². The summed E-state index contributed by atoms with van der Waals surface area (Å²) in [6.07, 6.45) is -1.40. The van der Waals surface area contributed by atoms with Crippen LogP contribution in [0.3, 0.4) is 0 Å². The van der Waals surface area contributed by atoms with Gasteiger partial charge in [-0.3, -0.25) is 0 Å². The molecule has 114 valence electrons. The molecule has 0 saturated heterocycles. The molecule has 0 spiro atoms. The Balaban J connectivity index is 2.88. The predicted octanol–water partition coefficient (Wildman–Crippen LogP) is 5.55. The van der Waals surface area contributed by atoms with Gasteiger partial charge in [-0.2, -0.15) is 13.2 Å². The van der Waals surface area contributed by atoms with Crippen LogP contribution in [0.4, 0.5) is 13.2 Å². The second kappa shape index (κ2) is 7.46. The second-order valence-electron chi connectivity index (χ2n) is 5.40. The van der Waals surface area contributed by atoms with Crippen LogP contribution in [0.2, 0.25) is 0 Å². The fourth-order valence-electron chi connectivity index (χ4n) is 2.18. The summed E-state index contributed by atoms with van der Waals surface area (Å²) in [5.41, 5.74) is 0.0749. The van der Waals surface area contributed by atoms with E-state index < -0.39 is 11.7 Å². The maximum atomic E-state index is 12.9. The van der Waals surface area contributed by atoms with E-state index in [1.165, 1.54) is 12.1 Å². The normalized spacial score (nSPS) is 13.8. The number of halogens is 4. The van der Waals surface area contributed by atoms with Crippen LogP contribution in [0.25, 0.3) is 0 Å². The minimum Gasteiger partial charge on any atom is -0.313 e. The molecule has 0 aliphatic heterocycles. The lowest BCUT2D eigenvalue weighted by Gasteiger charge is -2.19. The third-order valence-electron chi connectivity index (χ3n) is 3.32. The van der Waals surface area contributed by atoms with Gasteiger partial charge >= 0.3 is 6.18 Å². The van der Waals surface area contributed by atoms with Gasteiger partial charge in [-0.05, 0) is 37.1 Å². The van der Waals surface area contributed by atoms with Crippen molar-refractivity contribution in [1.29, 1.82) is 0 Å². The molecule has 1 rings (SSSR count). The van der Waals surface area contributed by atoms with Gasteiger partial charge in [-0.1, -0.05) is 48.7 Å². The van der Waals surface area contributed by atoms with E-state index in [2.05, 4.69) is 35.1 Å². The van der Waals surface area contributed by atoms with E-state index in [0.717, 1.165) is 19.3 Å². The van der Waals surface area contributed by atoms with Crippen LogP contribution in [0.15, 0.2) is 22.7 Å². The molecule has 0 aliphatic rings. The Bertz CT molecular complexity index is 430. The predicted molar refractivity (Wildman–Crippen MR) is 79.6 cm³/mol. The van der Waals surface area contributed by atoms with Crippen molar-refractivity contribution in [2.24, 2.45) is 5.92 Å². The molecule has 1 nitrogen and oxygen atoms in total. The molecule has 0 saturated carbocycles. The monoisotopic (exact) mass is 351 g/mol. The Hall–Kier alpha value is -0.550. The maximum absolute atomic E-state index is 12.9. The van der Waals surface area contributed by atoms with E-state index in [-0.39, 0.29) is 10.5 Å². The van der Waals surface area contributed by atoms with E-state index in [1.54, 1.807) is 13.1 Å². The van der Waals surface area contributed by atoms with Gasteiger partial charge in [-0.25, -0.2) is 0 Å². The molecule has 0 aromatic heterocycles. The van der Waals surface area contributed by atoms with Crippen molar-refractivity contribution in [3.63, 3.8) is 0 Å². The summed E-state index contributed by atoms with van der Waals surface area (Å²) in [5, 5.41) is 3.11. The first-order valence-corrected chi connectivity index (χ1v) is 7.59. The average Bonchev–Trinajstić information content (AvgIpc) is 2.34. The summed E-state index contributed by atoms with van der Waals surface area (Å²) in [4.78, 5) is 0. The topological polar surface area (TPSA) is 12.0 Å². The zero-order valence-corrected chi connectivity index (χ0v) is 13.6. The van der Waals surface area contributed by atoms with Crippen molar-refractivity contribution in [2.75, 3.05) is 7.05 Å². The van der Waals surface area contributed by atoms with Crippen molar-refractivity contribution in [3.05, 3.63) is 33.8 Å². The molecule has 1 aromatic carbocycles. The van der Waals surface area contributed by atoms with E-state index in [0.29, 0.717) is 11.5 Å². The number of alkyl halides is 3. The summed E-state index contributed by atoms with van der Waals surface area (Å²) >= 11 is 2.97. The van der Waals surface area contributed by atoms with Crippen molar-refractivity contribution in [2.45, 2.75) is 45.3 Å². The lowest BCUT2D eigenvalue weighted by atomic mass is 9.97. The summed E-state index contributed by atoms with van der Waals surface area (Å²) in [5.74, 6) is 0.614. The quantitative estimate of drug-likeness (QED) is 0.707. The van der Waals surface area contributed by atoms with E-state index in [1.807, 2.05) is 0 Å². The molecule has 0 radical (unpaired) electrons. The van der Waals surface area contributed by atoms with Gasteiger partial charge in [-0.15, -0.1) is 0 Å². The second-order valence-corrected chi connectivity index (χ2v) is 6.26. The average molecular weight is 352 g/mol. The van der Waals surface area contributed by atoms with Gasteiger partial charge in [0.2, 0.25) is 0 Å². The Morgan fingerprint density at radius 1 is 1.20 bits per heavy atom. The van der Waals surface area contributed by atoms with E-state index in [9.17, 15) is 13.2 Å². The Kier molecular flexibility index (Phi) is 6.52. The minimum absolute atomic E-state index is 0.0389. The fourth-order valence-corrected chi connectivity index (χ4v) is 2.66. The van der Waals surface area contributed by atoms with Crippen molar-refractivity contribution in [1.82, 2.24) is 5.32 Å². The third kappa shape index (κ3) is 5.09. The number of nitrogens with one attached hydrogen (secondary N) is 1. The minimum atomic E-state index is -4.33. The lowest BCUT2D eigenvalue weighted by molar-refractivity contribution is -0.138. The van der Waals surface area contributed by atoms with Gasteiger partial charge in [0.15, 0.2) is 0 Å². The van der Waals surface area contributed by atoms with Crippen molar-refractivity contribution >= 4 is 15.9 Å². The molecule has 1 aromatic rings. The molecule has 0 bridgehead atoms. The summed E-state index contributed by atoms with van der Waals surface area (Å²) < 4.78 is 38.8. The highest BCUT2D eigenvalue weighted by Gasteiger charge is 2.33. The van der Waals surface area contributed by atoms with Gasteiger partial charge in [0.1, 0.15) is 0 Å². The molecule has 0 fully saturated rings. The Morgan fingerprint density at radius 2 is 1.85 bits per heavy atom. The van der Waals surface area contributed by atoms with Gasteiger partial charge < -0.3 is 5.32 Å².